The first-order valence-electron chi connectivity index (χ1n) is 6.37. The van der Waals surface area contributed by atoms with Gasteiger partial charge in [0.05, 0.1) is 5.56 Å². The van der Waals surface area contributed by atoms with Crippen molar-refractivity contribution in [3.8, 4) is 17.6 Å². The van der Waals surface area contributed by atoms with Crippen molar-refractivity contribution < 1.29 is 9.13 Å². The summed E-state index contributed by atoms with van der Waals surface area (Å²) in [6.45, 7) is 0. The van der Waals surface area contributed by atoms with E-state index >= 15 is 0 Å². The molecule has 1 aliphatic carbocycles. The van der Waals surface area contributed by atoms with Crippen molar-refractivity contribution in [2.45, 2.75) is 19.3 Å². The summed E-state index contributed by atoms with van der Waals surface area (Å²) in [6.07, 6.45) is 2.51. The van der Waals surface area contributed by atoms with E-state index in [1.165, 1.54) is 6.07 Å². The number of nitrogens with zero attached hydrogens (tertiary/aromatic N) is 1. The SMILES string of the molecule is N#Cc1ccc(Br)cc1Oc1ccc(F)c2c1CCC2. The van der Waals surface area contributed by atoms with Crippen molar-refractivity contribution in [2.75, 3.05) is 0 Å². The zero-order valence-electron chi connectivity index (χ0n) is 10.6. The van der Waals surface area contributed by atoms with Crippen LogP contribution in [0.5, 0.6) is 11.5 Å². The minimum atomic E-state index is -0.167. The maximum Gasteiger partial charge on any atom is 0.146 e. The highest BCUT2D eigenvalue weighted by atomic mass is 79.9. The Morgan fingerprint density at radius 2 is 1.90 bits per heavy atom. The number of halogens is 2. The van der Waals surface area contributed by atoms with Crippen LogP contribution in [0.3, 0.4) is 0 Å². The Kier molecular flexibility index (Phi) is 3.45. The molecule has 0 atom stereocenters. The van der Waals surface area contributed by atoms with Crippen LogP contribution in [0, 0.1) is 17.1 Å². The molecule has 0 aromatic heterocycles. The first-order valence-corrected chi connectivity index (χ1v) is 7.16. The van der Waals surface area contributed by atoms with Gasteiger partial charge in [-0.15, -0.1) is 0 Å². The summed E-state index contributed by atoms with van der Waals surface area (Å²) in [5.74, 6) is 0.968. The molecule has 0 N–H and O–H groups in total. The lowest BCUT2D eigenvalue weighted by Gasteiger charge is -2.12. The van der Waals surface area contributed by atoms with Crippen molar-refractivity contribution in [3.63, 3.8) is 0 Å². The zero-order valence-corrected chi connectivity index (χ0v) is 12.2. The summed E-state index contributed by atoms with van der Waals surface area (Å²) >= 11 is 3.36. The molecule has 0 aliphatic heterocycles. The lowest BCUT2D eigenvalue weighted by Crippen LogP contribution is -1.95. The molecule has 4 heteroatoms. The van der Waals surface area contributed by atoms with E-state index in [-0.39, 0.29) is 5.82 Å². The van der Waals surface area contributed by atoms with Crippen molar-refractivity contribution in [1.82, 2.24) is 0 Å². The molecular weight excluding hydrogens is 321 g/mol. The Morgan fingerprint density at radius 3 is 2.70 bits per heavy atom. The molecular formula is C16H11BrFNO. The smallest absolute Gasteiger partial charge is 0.146 e. The van der Waals surface area contributed by atoms with Crippen LogP contribution < -0.4 is 4.74 Å². The lowest BCUT2D eigenvalue weighted by molar-refractivity contribution is 0.473. The van der Waals surface area contributed by atoms with Gasteiger partial charge < -0.3 is 4.74 Å². The largest absolute Gasteiger partial charge is 0.456 e. The number of fused-ring (bicyclic) bond motifs is 1. The molecule has 0 radical (unpaired) electrons. The second-order valence-electron chi connectivity index (χ2n) is 4.71. The summed E-state index contributed by atoms with van der Waals surface area (Å²) in [6, 6.07) is 10.4. The van der Waals surface area contributed by atoms with Gasteiger partial charge in [-0.05, 0) is 55.2 Å². The Hall–Kier alpha value is -1.86. The first kappa shape index (κ1) is 13.1. The quantitative estimate of drug-likeness (QED) is 0.796. The maximum atomic E-state index is 13.7. The molecule has 0 unspecified atom stereocenters. The fourth-order valence-corrected chi connectivity index (χ4v) is 2.86. The highest BCUT2D eigenvalue weighted by Crippen LogP contribution is 2.36. The molecule has 0 saturated heterocycles. The topological polar surface area (TPSA) is 33.0 Å². The Bertz CT molecular complexity index is 721. The summed E-state index contributed by atoms with van der Waals surface area (Å²) in [7, 11) is 0. The van der Waals surface area contributed by atoms with Crippen LogP contribution in [0.1, 0.15) is 23.1 Å². The van der Waals surface area contributed by atoms with Gasteiger partial charge >= 0.3 is 0 Å². The summed E-state index contributed by atoms with van der Waals surface area (Å²) in [5.41, 5.74) is 2.13. The molecule has 1 aliphatic rings. The Balaban J connectivity index is 2.03. The number of benzene rings is 2. The predicted molar refractivity (Wildman–Crippen MR) is 77.4 cm³/mol. The molecule has 0 fully saturated rings. The number of hydrogen-bond acceptors (Lipinski definition) is 2. The molecule has 2 aromatic rings. The minimum absolute atomic E-state index is 0.167. The van der Waals surface area contributed by atoms with Gasteiger partial charge in [0.2, 0.25) is 0 Å². The predicted octanol–water partition coefficient (Wildman–Crippen LogP) is 4.74. The second-order valence-corrected chi connectivity index (χ2v) is 5.63. The molecule has 0 amide bonds. The third-order valence-corrected chi connectivity index (χ3v) is 3.96. The number of nitriles is 1. The van der Waals surface area contributed by atoms with Crippen LogP contribution >= 0.6 is 15.9 Å². The molecule has 0 saturated carbocycles. The van der Waals surface area contributed by atoms with Crippen molar-refractivity contribution >= 4 is 15.9 Å². The van der Waals surface area contributed by atoms with Gasteiger partial charge in [-0.1, -0.05) is 15.9 Å². The molecule has 2 aromatic carbocycles. The molecule has 0 heterocycles. The number of ether oxygens (including phenoxy) is 1. The van der Waals surface area contributed by atoms with E-state index in [4.69, 9.17) is 10.00 Å². The average molecular weight is 332 g/mol. The van der Waals surface area contributed by atoms with Crippen LogP contribution in [0.15, 0.2) is 34.8 Å². The van der Waals surface area contributed by atoms with Gasteiger partial charge in [0.15, 0.2) is 0 Å². The van der Waals surface area contributed by atoms with Crippen molar-refractivity contribution in [2.24, 2.45) is 0 Å². The van der Waals surface area contributed by atoms with Gasteiger partial charge in [-0.3, -0.25) is 0 Å². The number of hydrogen-bond donors (Lipinski definition) is 0. The minimum Gasteiger partial charge on any atom is -0.456 e. The third-order valence-electron chi connectivity index (χ3n) is 3.47. The molecule has 0 spiro atoms. The van der Waals surface area contributed by atoms with Crippen LogP contribution in [0.25, 0.3) is 0 Å². The standard InChI is InChI=1S/C16H11BrFNO/c17-11-5-4-10(9-19)16(8-11)20-15-7-6-14(18)12-2-1-3-13(12)15/h4-8H,1-3H2. The summed E-state index contributed by atoms with van der Waals surface area (Å²) < 4.78 is 20.4. The first-order chi connectivity index (χ1) is 9.69. The fraction of sp³-hybridized carbons (Fsp3) is 0.188. The van der Waals surface area contributed by atoms with Crippen LogP contribution in [-0.2, 0) is 12.8 Å². The number of rotatable bonds is 2. The average Bonchev–Trinajstić information content (AvgIpc) is 2.93. The van der Waals surface area contributed by atoms with Crippen LogP contribution in [0.4, 0.5) is 4.39 Å². The van der Waals surface area contributed by atoms with E-state index in [1.54, 1.807) is 24.3 Å². The Morgan fingerprint density at radius 1 is 1.10 bits per heavy atom. The van der Waals surface area contributed by atoms with Gasteiger partial charge in [0, 0.05) is 10.0 Å². The van der Waals surface area contributed by atoms with Crippen molar-refractivity contribution in [3.05, 3.63) is 57.3 Å². The van der Waals surface area contributed by atoms with Gasteiger partial charge in [-0.2, -0.15) is 5.26 Å². The lowest BCUT2D eigenvalue weighted by atomic mass is 10.1. The van der Waals surface area contributed by atoms with E-state index in [0.29, 0.717) is 17.1 Å². The molecule has 100 valence electrons. The maximum absolute atomic E-state index is 13.7. The second kappa shape index (κ2) is 5.26. The van der Waals surface area contributed by atoms with Crippen LogP contribution in [0.2, 0.25) is 0 Å². The van der Waals surface area contributed by atoms with E-state index in [2.05, 4.69) is 22.0 Å². The molecule has 2 nitrogen and oxygen atoms in total. The van der Waals surface area contributed by atoms with E-state index < -0.39 is 0 Å². The zero-order chi connectivity index (χ0) is 14.1. The van der Waals surface area contributed by atoms with Gasteiger partial charge in [0.1, 0.15) is 23.4 Å². The highest BCUT2D eigenvalue weighted by molar-refractivity contribution is 9.10. The highest BCUT2D eigenvalue weighted by Gasteiger charge is 2.20. The van der Waals surface area contributed by atoms with Crippen LogP contribution in [-0.4, -0.2) is 0 Å². The van der Waals surface area contributed by atoms with Crippen molar-refractivity contribution in [1.29, 1.82) is 5.26 Å². The third kappa shape index (κ3) is 2.30. The summed E-state index contributed by atoms with van der Waals surface area (Å²) in [5, 5.41) is 9.12. The van der Waals surface area contributed by atoms with E-state index in [1.807, 2.05) is 0 Å². The normalized spacial score (nSPS) is 12.8. The van der Waals surface area contributed by atoms with Gasteiger partial charge in [0.25, 0.3) is 0 Å². The van der Waals surface area contributed by atoms with E-state index in [9.17, 15) is 4.39 Å². The molecule has 3 rings (SSSR count). The molecule has 0 bridgehead atoms. The fourth-order valence-electron chi connectivity index (χ4n) is 2.52. The molecule has 20 heavy (non-hydrogen) atoms. The summed E-state index contributed by atoms with van der Waals surface area (Å²) in [4.78, 5) is 0. The Labute approximate surface area is 124 Å². The monoisotopic (exact) mass is 331 g/mol. The van der Waals surface area contributed by atoms with Gasteiger partial charge in [-0.25, -0.2) is 4.39 Å². The van der Waals surface area contributed by atoms with E-state index in [0.717, 1.165) is 34.9 Å².